The Morgan fingerprint density at radius 1 is 0.926 bits per heavy atom. The number of aromatic nitrogens is 1. The average molecular weight is 367 g/mol. The number of hydrogen-bond acceptors (Lipinski definition) is 6. The summed E-state index contributed by atoms with van der Waals surface area (Å²) in [6.07, 6.45) is 1.68. The molecule has 2 aromatic carbocycles. The molecule has 138 valence electrons. The molecule has 0 fully saturated rings. The van der Waals surface area contributed by atoms with Crippen molar-refractivity contribution in [3.05, 3.63) is 30.0 Å². The molecule has 1 heterocycles. The van der Waals surface area contributed by atoms with Gasteiger partial charge in [0.05, 0.1) is 34.1 Å². The summed E-state index contributed by atoms with van der Waals surface area (Å²) in [7, 11) is 6.08. The molecule has 0 saturated carbocycles. The third-order valence-electron chi connectivity index (χ3n) is 4.79. The molecule has 1 N–H and O–H groups in total. The first-order valence-electron chi connectivity index (χ1n) is 8.14. The largest absolute Gasteiger partial charge is 0.496 e. The lowest BCUT2D eigenvalue weighted by Crippen LogP contribution is -2.01. The van der Waals surface area contributed by atoms with Gasteiger partial charge < -0.3 is 24.1 Å². The normalized spacial score (nSPS) is 11.3. The Labute approximate surface area is 155 Å². The van der Waals surface area contributed by atoms with Crippen molar-refractivity contribution in [2.75, 3.05) is 28.4 Å². The van der Waals surface area contributed by atoms with E-state index in [2.05, 4.69) is 4.98 Å². The number of aromatic carboxylic acids is 1. The van der Waals surface area contributed by atoms with Crippen molar-refractivity contribution in [2.24, 2.45) is 0 Å². The zero-order valence-electron chi connectivity index (χ0n) is 15.2. The number of rotatable bonds is 5. The van der Waals surface area contributed by atoms with Gasteiger partial charge in [-0.05, 0) is 23.8 Å². The van der Waals surface area contributed by atoms with E-state index in [9.17, 15) is 9.90 Å². The summed E-state index contributed by atoms with van der Waals surface area (Å²) in [6.45, 7) is 0. The number of methoxy groups -OCH3 is 4. The number of ether oxygens (including phenoxy) is 4. The highest BCUT2D eigenvalue weighted by molar-refractivity contribution is 6.19. The SMILES string of the molecule is COc1cc2c(cc1C(=O)O)-c1c(OC)c(OC)c(OC)c3ccnc-2c13. The Morgan fingerprint density at radius 2 is 1.63 bits per heavy atom. The summed E-state index contributed by atoms with van der Waals surface area (Å²) in [4.78, 5) is 16.2. The lowest BCUT2D eigenvalue weighted by atomic mass is 9.99. The van der Waals surface area contributed by atoms with Crippen LogP contribution in [0.3, 0.4) is 0 Å². The minimum Gasteiger partial charge on any atom is -0.496 e. The Bertz CT molecular complexity index is 1110. The lowest BCUT2D eigenvalue weighted by Gasteiger charge is -2.17. The molecule has 0 bridgehead atoms. The molecule has 3 aromatic rings. The van der Waals surface area contributed by atoms with Crippen LogP contribution in [0.2, 0.25) is 0 Å². The topological polar surface area (TPSA) is 87.1 Å². The van der Waals surface area contributed by atoms with Gasteiger partial charge in [-0.1, -0.05) is 0 Å². The number of benzene rings is 2. The second-order valence-electron chi connectivity index (χ2n) is 5.96. The Morgan fingerprint density at radius 3 is 2.22 bits per heavy atom. The highest BCUT2D eigenvalue weighted by Gasteiger charge is 2.33. The zero-order valence-corrected chi connectivity index (χ0v) is 15.2. The van der Waals surface area contributed by atoms with Gasteiger partial charge in [-0.25, -0.2) is 4.79 Å². The van der Waals surface area contributed by atoms with Crippen molar-refractivity contribution in [3.63, 3.8) is 0 Å². The molecule has 1 aliphatic rings. The van der Waals surface area contributed by atoms with Crippen molar-refractivity contribution >= 4 is 16.7 Å². The van der Waals surface area contributed by atoms with Crippen molar-refractivity contribution in [1.29, 1.82) is 0 Å². The second kappa shape index (κ2) is 6.05. The van der Waals surface area contributed by atoms with Gasteiger partial charge in [-0.2, -0.15) is 0 Å². The van der Waals surface area contributed by atoms with Crippen LogP contribution in [0.15, 0.2) is 24.4 Å². The van der Waals surface area contributed by atoms with E-state index in [0.29, 0.717) is 28.5 Å². The van der Waals surface area contributed by atoms with Crippen LogP contribution < -0.4 is 18.9 Å². The fourth-order valence-corrected chi connectivity index (χ4v) is 3.72. The monoisotopic (exact) mass is 367 g/mol. The van der Waals surface area contributed by atoms with E-state index in [0.717, 1.165) is 21.9 Å². The van der Waals surface area contributed by atoms with Crippen LogP contribution in [0.4, 0.5) is 0 Å². The number of carboxylic acid groups (broad SMARTS) is 1. The predicted molar refractivity (Wildman–Crippen MR) is 99.3 cm³/mol. The molecule has 0 amide bonds. The summed E-state index contributed by atoms with van der Waals surface area (Å²) >= 11 is 0. The quantitative estimate of drug-likeness (QED) is 0.576. The highest BCUT2D eigenvalue weighted by atomic mass is 16.5. The van der Waals surface area contributed by atoms with Crippen molar-refractivity contribution < 1.29 is 28.8 Å². The molecule has 0 atom stereocenters. The van der Waals surface area contributed by atoms with E-state index >= 15 is 0 Å². The molecule has 7 heteroatoms. The summed E-state index contributed by atoms with van der Waals surface area (Å²) in [6, 6.07) is 5.12. The molecule has 7 nitrogen and oxygen atoms in total. The van der Waals surface area contributed by atoms with Gasteiger partial charge in [0.1, 0.15) is 11.3 Å². The predicted octanol–water partition coefficient (Wildman–Crippen LogP) is 3.61. The molecule has 0 radical (unpaired) electrons. The first-order valence-corrected chi connectivity index (χ1v) is 8.14. The van der Waals surface area contributed by atoms with Gasteiger partial charge in [-0.15, -0.1) is 0 Å². The molecule has 0 unspecified atom stereocenters. The Balaban J connectivity index is 2.21. The van der Waals surface area contributed by atoms with Crippen LogP contribution in [-0.4, -0.2) is 44.5 Å². The van der Waals surface area contributed by atoms with Gasteiger partial charge in [0, 0.05) is 28.1 Å². The first-order chi connectivity index (χ1) is 13.1. The number of fused-ring (bicyclic) bond motifs is 3. The molecule has 0 saturated heterocycles. The zero-order chi connectivity index (χ0) is 19.3. The number of nitrogens with zero attached hydrogens (tertiary/aromatic N) is 1. The summed E-state index contributed by atoms with van der Waals surface area (Å²) < 4.78 is 22.1. The van der Waals surface area contributed by atoms with E-state index in [1.165, 1.54) is 21.3 Å². The second-order valence-corrected chi connectivity index (χ2v) is 5.96. The molecule has 4 rings (SSSR count). The highest BCUT2D eigenvalue weighted by Crippen LogP contribution is 2.58. The van der Waals surface area contributed by atoms with Crippen LogP contribution in [0.25, 0.3) is 33.2 Å². The maximum Gasteiger partial charge on any atom is 0.339 e. The molecular weight excluding hydrogens is 350 g/mol. The molecule has 27 heavy (non-hydrogen) atoms. The number of hydrogen-bond donors (Lipinski definition) is 1. The van der Waals surface area contributed by atoms with E-state index in [4.69, 9.17) is 18.9 Å². The van der Waals surface area contributed by atoms with Crippen molar-refractivity contribution in [3.8, 4) is 45.4 Å². The number of carboxylic acids is 1. The van der Waals surface area contributed by atoms with Crippen molar-refractivity contribution in [2.45, 2.75) is 0 Å². The van der Waals surface area contributed by atoms with Crippen molar-refractivity contribution in [1.82, 2.24) is 4.98 Å². The van der Waals surface area contributed by atoms with Gasteiger partial charge in [0.15, 0.2) is 11.5 Å². The molecular formula is C20H17NO6. The minimum absolute atomic E-state index is 0.0639. The third kappa shape index (κ3) is 2.14. The van der Waals surface area contributed by atoms with Gasteiger partial charge in [0.25, 0.3) is 0 Å². The number of carbonyl (C=O) groups is 1. The minimum atomic E-state index is -1.07. The lowest BCUT2D eigenvalue weighted by molar-refractivity contribution is 0.0693. The van der Waals surface area contributed by atoms with Crippen LogP contribution in [0.5, 0.6) is 23.0 Å². The van der Waals surface area contributed by atoms with E-state index < -0.39 is 5.97 Å². The van der Waals surface area contributed by atoms with Crippen LogP contribution in [0, 0.1) is 0 Å². The first kappa shape index (κ1) is 17.0. The van der Waals surface area contributed by atoms with Crippen LogP contribution in [0.1, 0.15) is 10.4 Å². The molecule has 1 aliphatic carbocycles. The molecule has 0 aliphatic heterocycles. The van der Waals surface area contributed by atoms with E-state index in [1.54, 1.807) is 25.4 Å². The smallest absolute Gasteiger partial charge is 0.339 e. The average Bonchev–Trinajstić information content (AvgIpc) is 3.01. The fraction of sp³-hybridized carbons (Fsp3) is 0.200. The Hall–Kier alpha value is -3.48. The van der Waals surface area contributed by atoms with Gasteiger partial charge >= 0.3 is 5.97 Å². The summed E-state index contributed by atoms with van der Waals surface area (Å²) in [5.74, 6) is 0.645. The summed E-state index contributed by atoms with van der Waals surface area (Å²) in [5, 5.41) is 11.2. The standard InChI is InChI=1S/C20H17NO6/c1-24-13-8-11-10(7-12(13)20(22)23)15-14-9(5-6-21-16(11)14)17(25-2)19(27-4)18(15)26-3/h5-8H,1-4H3,(H,22,23). The summed E-state index contributed by atoms with van der Waals surface area (Å²) in [5.41, 5.74) is 2.98. The maximum atomic E-state index is 11.7. The fourth-order valence-electron chi connectivity index (χ4n) is 3.72. The molecule has 1 aromatic heterocycles. The van der Waals surface area contributed by atoms with E-state index in [1.807, 2.05) is 6.07 Å². The van der Waals surface area contributed by atoms with E-state index in [-0.39, 0.29) is 11.3 Å². The number of pyridine rings is 1. The molecule has 0 spiro atoms. The van der Waals surface area contributed by atoms with Gasteiger partial charge in [0.2, 0.25) is 5.75 Å². The maximum absolute atomic E-state index is 11.7. The Kier molecular flexibility index (Phi) is 3.80. The van der Waals surface area contributed by atoms with Crippen LogP contribution >= 0.6 is 0 Å². The van der Waals surface area contributed by atoms with Crippen LogP contribution in [-0.2, 0) is 0 Å². The third-order valence-corrected chi connectivity index (χ3v) is 4.79. The van der Waals surface area contributed by atoms with Gasteiger partial charge in [-0.3, -0.25) is 4.98 Å².